The standard InChI is InChI=1S/C22H25BrN2O3/c1-22(2,16-6-8-17(23)9-7-16)25-21(27)4-3-13-28-18-10-11-19-15(14-18)5-12-20(26)24-19/h6-11,14H,3-5,12-13H2,1-2H3,(H,24,26)(H,25,27). The summed E-state index contributed by atoms with van der Waals surface area (Å²) >= 11 is 3.43. The van der Waals surface area contributed by atoms with Gasteiger partial charge in [0.15, 0.2) is 0 Å². The summed E-state index contributed by atoms with van der Waals surface area (Å²) in [6.45, 7) is 4.46. The molecule has 1 aliphatic rings. The highest BCUT2D eigenvalue weighted by atomic mass is 79.9. The monoisotopic (exact) mass is 444 g/mol. The highest BCUT2D eigenvalue weighted by Crippen LogP contribution is 2.27. The number of amides is 2. The molecule has 0 spiro atoms. The van der Waals surface area contributed by atoms with Crippen LogP contribution >= 0.6 is 15.9 Å². The van der Waals surface area contributed by atoms with Crippen LogP contribution in [0.1, 0.15) is 44.2 Å². The van der Waals surface area contributed by atoms with Gasteiger partial charge in [0.25, 0.3) is 0 Å². The van der Waals surface area contributed by atoms with Crippen LogP contribution in [0.25, 0.3) is 0 Å². The lowest BCUT2D eigenvalue weighted by molar-refractivity contribution is -0.123. The molecular weight excluding hydrogens is 420 g/mol. The van der Waals surface area contributed by atoms with Gasteiger partial charge in [0, 0.05) is 23.0 Å². The maximum Gasteiger partial charge on any atom is 0.224 e. The Morgan fingerprint density at radius 3 is 2.68 bits per heavy atom. The minimum atomic E-state index is -0.429. The second-order valence-corrected chi connectivity index (χ2v) is 8.41. The fraction of sp³-hybridized carbons (Fsp3) is 0.364. The van der Waals surface area contributed by atoms with Gasteiger partial charge >= 0.3 is 0 Å². The van der Waals surface area contributed by atoms with Crippen LogP contribution in [0.5, 0.6) is 5.75 Å². The number of fused-ring (bicyclic) bond motifs is 1. The second kappa shape index (κ2) is 8.78. The van der Waals surface area contributed by atoms with E-state index in [2.05, 4.69) is 26.6 Å². The Morgan fingerprint density at radius 1 is 1.18 bits per heavy atom. The van der Waals surface area contributed by atoms with Crippen molar-refractivity contribution >= 4 is 33.4 Å². The largest absolute Gasteiger partial charge is 0.494 e. The van der Waals surface area contributed by atoms with E-state index in [1.807, 2.05) is 56.3 Å². The van der Waals surface area contributed by atoms with Crippen LogP contribution < -0.4 is 15.4 Å². The molecule has 2 amide bonds. The fourth-order valence-corrected chi connectivity index (χ4v) is 3.49. The molecule has 2 aromatic rings. The third kappa shape index (κ3) is 5.35. The predicted molar refractivity (Wildman–Crippen MR) is 113 cm³/mol. The van der Waals surface area contributed by atoms with Crippen LogP contribution in [0.4, 0.5) is 5.69 Å². The Labute approximate surface area is 174 Å². The van der Waals surface area contributed by atoms with Crippen LogP contribution in [0, 0.1) is 0 Å². The molecule has 0 aromatic heterocycles. The summed E-state index contributed by atoms with van der Waals surface area (Å²) in [7, 11) is 0. The van der Waals surface area contributed by atoms with E-state index in [4.69, 9.17) is 4.74 Å². The molecule has 0 saturated heterocycles. The number of benzene rings is 2. The molecule has 3 rings (SSSR count). The van der Waals surface area contributed by atoms with E-state index in [0.717, 1.165) is 33.5 Å². The zero-order valence-electron chi connectivity index (χ0n) is 16.2. The molecule has 5 nitrogen and oxygen atoms in total. The Bertz CT molecular complexity index is 863. The molecule has 0 bridgehead atoms. The van der Waals surface area contributed by atoms with Crippen molar-refractivity contribution in [2.24, 2.45) is 0 Å². The van der Waals surface area contributed by atoms with Gasteiger partial charge in [-0.15, -0.1) is 0 Å². The minimum Gasteiger partial charge on any atom is -0.494 e. The van der Waals surface area contributed by atoms with E-state index in [1.165, 1.54) is 0 Å². The molecule has 0 atom stereocenters. The second-order valence-electron chi connectivity index (χ2n) is 7.50. The first-order valence-corrected chi connectivity index (χ1v) is 10.3. The number of hydrogen-bond acceptors (Lipinski definition) is 3. The van der Waals surface area contributed by atoms with Crippen molar-refractivity contribution in [1.29, 1.82) is 0 Å². The summed E-state index contributed by atoms with van der Waals surface area (Å²) < 4.78 is 6.79. The number of aryl methyl sites for hydroxylation is 1. The van der Waals surface area contributed by atoms with Crippen LogP contribution in [0.2, 0.25) is 0 Å². The van der Waals surface area contributed by atoms with Crippen molar-refractivity contribution in [1.82, 2.24) is 5.32 Å². The van der Waals surface area contributed by atoms with Crippen molar-refractivity contribution in [2.75, 3.05) is 11.9 Å². The third-order valence-electron chi connectivity index (χ3n) is 4.81. The Hall–Kier alpha value is -2.34. The number of halogens is 1. The summed E-state index contributed by atoms with van der Waals surface area (Å²) in [5.41, 5.74) is 2.58. The maximum absolute atomic E-state index is 12.3. The van der Waals surface area contributed by atoms with Gasteiger partial charge in [-0.05, 0) is 68.1 Å². The lowest BCUT2D eigenvalue weighted by Crippen LogP contribution is -2.40. The molecule has 0 radical (unpaired) electrons. The highest BCUT2D eigenvalue weighted by molar-refractivity contribution is 9.10. The van der Waals surface area contributed by atoms with Crippen molar-refractivity contribution in [2.45, 2.75) is 45.1 Å². The third-order valence-corrected chi connectivity index (χ3v) is 5.34. The maximum atomic E-state index is 12.3. The van der Waals surface area contributed by atoms with E-state index in [9.17, 15) is 9.59 Å². The molecule has 1 aliphatic heterocycles. The van der Waals surface area contributed by atoms with E-state index < -0.39 is 5.54 Å². The average Bonchev–Trinajstić information content (AvgIpc) is 2.65. The summed E-state index contributed by atoms with van der Waals surface area (Å²) in [5.74, 6) is 0.827. The smallest absolute Gasteiger partial charge is 0.224 e. The topological polar surface area (TPSA) is 67.4 Å². The lowest BCUT2D eigenvalue weighted by Gasteiger charge is -2.27. The predicted octanol–water partition coefficient (Wildman–Crippen LogP) is 4.54. The number of carbonyl (C=O) groups is 2. The number of ether oxygens (including phenoxy) is 1. The quantitative estimate of drug-likeness (QED) is 0.615. The van der Waals surface area contributed by atoms with Crippen LogP contribution in [0.15, 0.2) is 46.9 Å². The van der Waals surface area contributed by atoms with E-state index >= 15 is 0 Å². The van der Waals surface area contributed by atoms with Gasteiger partial charge in [0.05, 0.1) is 12.1 Å². The van der Waals surface area contributed by atoms with E-state index in [1.54, 1.807) is 0 Å². The van der Waals surface area contributed by atoms with Crippen molar-refractivity contribution in [3.05, 3.63) is 58.1 Å². The van der Waals surface area contributed by atoms with Crippen LogP contribution in [0.3, 0.4) is 0 Å². The Kier molecular flexibility index (Phi) is 6.39. The lowest BCUT2D eigenvalue weighted by atomic mass is 9.94. The van der Waals surface area contributed by atoms with Crippen LogP contribution in [-0.2, 0) is 21.5 Å². The summed E-state index contributed by atoms with van der Waals surface area (Å²) in [6.07, 6.45) is 2.27. The SMILES string of the molecule is CC(C)(NC(=O)CCCOc1ccc2c(c1)CCC(=O)N2)c1ccc(Br)cc1. The zero-order chi connectivity index (χ0) is 20.1. The molecule has 28 heavy (non-hydrogen) atoms. The van der Waals surface area contributed by atoms with Gasteiger partial charge in [-0.25, -0.2) is 0 Å². The van der Waals surface area contributed by atoms with Gasteiger partial charge in [-0.1, -0.05) is 28.1 Å². The first kappa shape index (κ1) is 20.4. The summed E-state index contributed by atoms with van der Waals surface area (Å²) in [4.78, 5) is 23.7. The molecule has 0 aliphatic carbocycles. The van der Waals surface area contributed by atoms with Crippen molar-refractivity contribution in [3.8, 4) is 5.75 Å². The van der Waals surface area contributed by atoms with Crippen molar-refractivity contribution in [3.63, 3.8) is 0 Å². The van der Waals surface area contributed by atoms with E-state index in [-0.39, 0.29) is 11.8 Å². The molecule has 148 valence electrons. The molecular formula is C22H25BrN2O3. The van der Waals surface area contributed by atoms with Crippen LogP contribution in [-0.4, -0.2) is 18.4 Å². The Morgan fingerprint density at radius 2 is 1.93 bits per heavy atom. The molecule has 1 heterocycles. The highest BCUT2D eigenvalue weighted by Gasteiger charge is 2.22. The number of nitrogens with one attached hydrogen (secondary N) is 2. The number of rotatable bonds is 7. The fourth-order valence-electron chi connectivity index (χ4n) is 3.22. The number of hydrogen-bond donors (Lipinski definition) is 2. The first-order valence-electron chi connectivity index (χ1n) is 9.46. The zero-order valence-corrected chi connectivity index (χ0v) is 17.8. The van der Waals surface area contributed by atoms with Gasteiger partial charge in [0.2, 0.25) is 11.8 Å². The molecule has 6 heteroatoms. The van der Waals surface area contributed by atoms with Gasteiger partial charge < -0.3 is 15.4 Å². The average molecular weight is 445 g/mol. The van der Waals surface area contributed by atoms with Gasteiger partial charge in [0.1, 0.15) is 5.75 Å². The minimum absolute atomic E-state index is 0.00433. The first-order chi connectivity index (χ1) is 13.3. The number of carbonyl (C=O) groups excluding carboxylic acids is 2. The summed E-state index contributed by atoms with van der Waals surface area (Å²) in [5, 5.41) is 5.94. The molecule has 0 fully saturated rings. The molecule has 2 aromatic carbocycles. The number of anilines is 1. The van der Waals surface area contributed by atoms with Crippen molar-refractivity contribution < 1.29 is 14.3 Å². The Balaban J connectivity index is 1.44. The van der Waals surface area contributed by atoms with E-state index in [0.29, 0.717) is 25.9 Å². The summed E-state index contributed by atoms with van der Waals surface area (Å²) in [6, 6.07) is 13.6. The molecule has 2 N–H and O–H groups in total. The van der Waals surface area contributed by atoms with Gasteiger partial charge in [-0.3, -0.25) is 9.59 Å². The van der Waals surface area contributed by atoms with Gasteiger partial charge in [-0.2, -0.15) is 0 Å². The molecule has 0 unspecified atom stereocenters. The normalized spacial score (nSPS) is 13.5. The molecule has 0 saturated carbocycles.